The summed E-state index contributed by atoms with van der Waals surface area (Å²) in [5, 5.41) is 6.82. The summed E-state index contributed by atoms with van der Waals surface area (Å²) in [6.07, 6.45) is 3.38. The molecule has 1 N–H and O–H groups in total. The molecule has 1 atom stereocenters. The number of rotatable bonds is 6. The number of carbonyl (C=O) groups excluding carboxylic acids is 1. The van der Waals surface area contributed by atoms with Crippen LogP contribution in [-0.4, -0.2) is 33.8 Å². The van der Waals surface area contributed by atoms with Gasteiger partial charge in [0, 0.05) is 11.6 Å². The molecule has 0 amide bonds. The molecule has 22 heavy (non-hydrogen) atoms. The second kappa shape index (κ2) is 7.55. The molecule has 0 aliphatic rings. The topological polar surface area (TPSA) is 77.0 Å². The van der Waals surface area contributed by atoms with Crippen LogP contribution in [0.1, 0.15) is 40.9 Å². The molecular formula is C14H18N4O2S2. The van der Waals surface area contributed by atoms with Gasteiger partial charge in [-0.1, -0.05) is 11.8 Å². The van der Waals surface area contributed by atoms with E-state index in [4.69, 9.17) is 4.74 Å². The van der Waals surface area contributed by atoms with Gasteiger partial charge in [-0.05, 0) is 27.0 Å². The normalized spacial score (nSPS) is 12.0. The summed E-state index contributed by atoms with van der Waals surface area (Å²) < 4.78 is 5.05. The van der Waals surface area contributed by atoms with Gasteiger partial charge < -0.3 is 10.1 Å². The molecule has 0 fully saturated rings. The first-order valence-electron chi connectivity index (χ1n) is 6.81. The predicted octanol–water partition coefficient (Wildman–Crippen LogP) is 3.31. The smallest absolute Gasteiger partial charge is 0.343 e. The zero-order valence-electron chi connectivity index (χ0n) is 12.9. The van der Waals surface area contributed by atoms with E-state index in [9.17, 15) is 4.79 Å². The van der Waals surface area contributed by atoms with E-state index in [2.05, 4.69) is 20.3 Å². The number of esters is 1. The Morgan fingerprint density at radius 3 is 2.86 bits per heavy atom. The van der Waals surface area contributed by atoms with Crippen LogP contribution in [0.5, 0.6) is 0 Å². The van der Waals surface area contributed by atoms with Crippen molar-refractivity contribution < 1.29 is 9.53 Å². The lowest BCUT2D eigenvalue weighted by Crippen LogP contribution is -2.15. The maximum absolute atomic E-state index is 12.0. The van der Waals surface area contributed by atoms with Crippen LogP contribution >= 0.6 is 23.1 Å². The van der Waals surface area contributed by atoms with Gasteiger partial charge in [-0.15, -0.1) is 11.3 Å². The van der Waals surface area contributed by atoms with E-state index >= 15 is 0 Å². The van der Waals surface area contributed by atoms with Crippen molar-refractivity contribution in [1.29, 1.82) is 0 Å². The predicted molar refractivity (Wildman–Crippen MR) is 88.7 cm³/mol. The first kappa shape index (κ1) is 16.7. The van der Waals surface area contributed by atoms with Crippen molar-refractivity contribution in [3.63, 3.8) is 0 Å². The number of nitrogens with zero attached hydrogens (tertiary/aromatic N) is 3. The summed E-state index contributed by atoms with van der Waals surface area (Å²) in [6, 6.07) is -0.0669. The number of thioether (sulfide) groups is 1. The van der Waals surface area contributed by atoms with Crippen molar-refractivity contribution in [2.75, 3.05) is 18.2 Å². The molecule has 0 radical (unpaired) electrons. The highest BCUT2D eigenvalue weighted by Gasteiger charge is 2.18. The standard InChI is InChI=1S/C14H18N4O2S2/c1-5-20-13(19)10-6-15-14(21-4)18-12(10)16-8(2)11-7-22-9(3)17-11/h6-8H,5H2,1-4H3,(H,15,16,18). The van der Waals surface area contributed by atoms with Crippen LogP contribution in [0, 0.1) is 6.92 Å². The van der Waals surface area contributed by atoms with Crippen LogP contribution in [0.4, 0.5) is 5.82 Å². The van der Waals surface area contributed by atoms with Gasteiger partial charge in [-0.3, -0.25) is 0 Å². The summed E-state index contributed by atoms with van der Waals surface area (Å²) in [4.78, 5) is 25.0. The van der Waals surface area contributed by atoms with Crippen LogP contribution in [0.25, 0.3) is 0 Å². The lowest BCUT2D eigenvalue weighted by Gasteiger charge is -2.15. The average molecular weight is 338 g/mol. The van der Waals surface area contributed by atoms with Crippen LogP contribution in [-0.2, 0) is 4.74 Å². The summed E-state index contributed by atoms with van der Waals surface area (Å²) in [5.41, 5.74) is 1.25. The van der Waals surface area contributed by atoms with Gasteiger partial charge in [0.05, 0.1) is 23.4 Å². The Morgan fingerprint density at radius 1 is 1.50 bits per heavy atom. The van der Waals surface area contributed by atoms with Gasteiger partial charge in [0.25, 0.3) is 0 Å². The monoisotopic (exact) mass is 338 g/mol. The number of carbonyl (C=O) groups is 1. The molecule has 0 saturated carbocycles. The summed E-state index contributed by atoms with van der Waals surface area (Å²) in [6.45, 7) is 6.01. The molecule has 0 bridgehead atoms. The van der Waals surface area contributed by atoms with Crippen molar-refractivity contribution in [1.82, 2.24) is 15.0 Å². The minimum absolute atomic E-state index is 0.0669. The lowest BCUT2D eigenvalue weighted by molar-refractivity contribution is 0.0526. The first-order valence-corrected chi connectivity index (χ1v) is 8.92. The van der Waals surface area contributed by atoms with Gasteiger partial charge in [-0.2, -0.15) is 0 Å². The Kier molecular flexibility index (Phi) is 5.73. The van der Waals surface area contributed by atoms with E-state index in [0.717, 1.165) is 10.7 Å². The lowest BCUT2D eigenvalue weighted by atomic mass is 10.2. The fourth-order valence-electron chi connectivity index (χ4n) is 1.79. The number of anilines is 1. The molecule has 8 heteroatoms. The minimum atomic E-state index is -0.431. The number of hydrogen-bond donors (Lipinski definition) is 1. The average Bonchev–Trinajstić information content (AvgIpc) is 2.94. The third-order valence-electron chi connectivity index (χ3n) is 2.88. The van der Waals surface area contributed by atoms with Gasteiger partial charge in [-0.25, -0.2) is 19.7 Å². The van der Waals surface area contributed by atoms with E-state index in [0.29, 0.717) is 23.1 Å². The highest BCUT2D eigenvalue weighted by molar-refractivity contribution is 7.98. The molecule has 1 unspecified atom stereocenters. The van der Waals surface area contributed by atoms with Gasteiger partial charge in [0.1, 0.15) is 11.4 Å². The fourth-order valence-corrected chi connectivity index (χ4v) is 2.84. The zero-order chi connectivity index (χ0) is 16.1. The third kappa shape index (κ3) is 3.95. The summed E-state index contributed by atoms with van der Waals surface area (Å²) in [5.74, 6) is 0.0373. The molecule has 0 aromatic carbocycles. The van der Waals surface area contributed by atoms with E-state index in [1.54, 1.807) is 18.3 Å². The highest BCUT2D eigenvalue weighted by Crippen LogP contribution is 2.24. The molecule has 0 aliphatic heterocycles. The van der Waals surface area contributed by atoms with Gasteiger partial charge >= 0.3 is 5.97 Å². The third-order valence-corrected chi connectivity index (χ3v) is 4.23. The van der Waals surface area contributed by atoms with Crippen molar-refractivity contribution >= 4 is 34.9 Å². The first-order chi connectivity index (χ1) is 10.5. The molecule has 2 aromatic heterocycles. The maximum Gasteiger partial charge on any atom is 0.343 e. The number of thiazole rings is 1. The van der Waals surface area contributed by atoms with Gasteiger partial charge in [0.15, 0.2) is 5.16 Å². The molecule has 2 rings (SSSR count). The quantitative estimate of drug-likeness (QED) is 0.492. The Balaban J connectivity index is 2.28. The van der Waals surface area contributed by atoms with Gasteiger partial charge in [0.2, 0.25) is 0 Å². The molecule has 2 aromatic rings. The van der Waals surface area contributed by atoms with Crippen molar-refractivity contribution in [2.24, 2.45) is 0 Å². The number of ether oxygens (including phenoxy) is 1. The van der Waals surface area contributed by atoms with Crippen LogP contribution in [0.15, 0.2) is 16.7 Å². The maximum atomic E-state index is 12.0. The highest BCUT2D eigenvalue weighted by atomic mass is 32.2. The number of aromatic nitrogens is 3. The Morgan fingerprint density at radius 2 is 2.27 bits per heavy atom. The summed E-state index contributed by atoms with van der Waals surface area (Å²) in [7, 11) is 0. The number of nitrogens with one attached hydrogen (secondary N) is 1. The van der Waals surface area contributed by atoms with Crippen molar-refractivity contribution in [3.05, 3.63) is 27.8 Å². The second-order valence-corrected chi connectivity index (χ2v) is 6.33. The van der Waals surface area contributed by atoms with E-state index in [-0.39, 0.29) is 6.04 Å². The molecule has 118 valence electrons. The largest absolute Gasteiger partial charge is 0.462 e. The molecule has 0 aliphatic carbocycles. The fraction of sp³-hybridized carbons (Fsp3) is 0.429. The minimum Gasteiger partial charge on any atom is -0.462 e. The Hall–Kier alpha value is -1.67. The number of hydrogen-bond acceptors (Lipinski definition) is 8. The Bertz CT molecular complexity index is 660. The van der Waals surface area contributed by atoms with Crippen LogP contribution < -0.4 is 5.32 Å². The van der Waals surface area contributed by atoms with E-state index in [1.807, 2.05) is 25.5 Å². The number of aryl methyl sites for hydroxylation is 1. The summed E-state index contributed by atoms with van der Waals surface area (Å²) >= 11 is 3.01. The molecular weight excluding hydrogens is 320 g/mol. The second-order valence-electron chi connectivity index (χ2n) is 4.50. The van der Waals surface area contributed by atoms with Crippen molar-refractivity contribution in [3.8, 4) is 0 Å². The SMILES string of the molecule is CCOC(=O)c1cnc(SC)nc1NC(C)c1csc(C)n1. The van der Waals surface area contributed by atoms with Crippen LogP contribution in [0.3, 0.4) is 0 Å². The molecule has 0 spiro atoms. The molecule has 0 saturated heterocycles. The molecule has 2 heterocycles. The molecule has 6 nitrogen and oxygen atoms in total. The van der Waals surface area contributed by atoms with E-state index in [1.165, 1.54) is 18.0 Å². The van der Waals surface area contributed by atoms with E-state index < -0.39 is 5.97 Å². The Labute approximate surface area is 137 Å². The van der Waals surface area contributed by atoms with Crippen LogP contribution in [0.2, 0.25) is 0 Å². The van der Waals surface area contributed by atoms with Crippen molar-refractivity contribution in [2.45, 2.75) is 32.0 Å². The zero-order valence-corrected chi connectivity index (χ0v) is 14.5.